The summed E-state index contributed by atoms with van der Waals surface area (Å²) in [5, 5.41) is 0. The predicted molar refractivity (Wildman–Crippen MR) is 83.2 cm³/mol. The van der Waals surface area contributed by atoms with Gasteiger partial charge in [-0.3, -0.25) is 9.98 Å². The Hall–Kier alpha value is -1.84. The molecule has 0 fully saturated rings. The Morgan fingerprint density at radius 1 is 0.900 bits per heavy atom. The summed E-state index contributed by atoms with van der Waals surface area (Å²) in [6, 6.07) is 9.54. The van der Waals surface area contributed by atoms with Crippen LogP contribution in [0.25, 0.3) is 0 Å². The van der Waals surface area contributed by atoms with Gasteiger partial charge >= 0.3 is 0 Å². The Kier molecular flexibility index (Phi) is 3.72. The average Bonchev–Trinajstić information content (AvgIpc) is 3.01. The second-order valence-corrected chi connectivity index (χ2v) is 5.85. The number of benzene rings is 1. The lowest BCUT2D eigenvalue weighted by molar-refractivity contribution is 0.414. The van der Waals surface area contributed by atoms with Crippen LogP contribution in [0.5, 0.6) is 0 Å². The zero-order valence-corrected chi connectivity index (χ0v) is 12.2. The third-order valence-electron chi connectivity index (χ3n) is 3.83. The SMILES string of the molecule is CC1CN(Cc2ccccc2CN2C=NC(C)C2)C=N1. The van der Waals surface area contributed by atoms with Crippen LogP contribution in [-0.4, -0.2) is 47.7 Å². The molecule has 0 bridgehead atoms. The molecule has 2 heterocycles. The van der Waals surface area contributed by atoms with Gasteiger partial charge in [0.2, 0.25) is 0 Å². The maximum atomic E-state index is 4.43. The smallest absolute Gasteiger partial charge is 0.0857 e. The summed E-state index contributed by atoms with van der Waals surface area (Å²) in [5.41, 5.74) is 2.78. The molecule has 1 aromatic carbocycles. The third kappa shape index (κ3) is 3.00. The van der Waals surface area contributed by atoms with Gasteiger partial charge in [0.25, 0.3) is 0 Å². The fourth-order valence-corrected chi connectivity index (χ4v) is 2.80. The van der Waals surface area contributed by atoms with E-state index < -0.39 is 0 Å². The van der Waals surface area contributed by atoms with Gasteiger partial charge in [0.05, 0.1) is 24.8 Å². The van der Waals surface area contributed by atoms with Crippen molar-refractivity contribution in [3.8, 4) is 0 Å². The Bertz CT molecular complexity index is 476. The lowest BCUT2D eigenvalue weighted by Gasteiger charge is -2.21. The molecule has 4 heteroatoms. The molecule has 0 saturated carbocycles. The van der Waals surface area contributed by atoms with Crippen LogP contribution in [0.1, 0.15) is 25.0 Å². The molecule has 0 aromatic heterocycles. The van der Waals surface area contributed by atoms with Crippen LogP contribution in [0.3, 0.4) is 0 Å². The highest BCUT2D eigenvalue weighted by atomic mass is 15.2. The van der Waals surface area contributed by atoms with Crippen LogP contribution in [0, 0.1) is 0 Å². The van der Waals surface area contributed by atoms with Crippen molar-refractivity contribution in [3.63, 3.8) is 0 Å². The Balaban J connectivity index is 1.68. The van der Waals surface area contributed by atoms with E-state index in [-0.39, 0.29) is 0 Å². The van der Waals surface area contributed by atoms with Crippen LogP contribution in [0.2, 0.25) is 0 Å². The van der Waals surface area contributed by atoms with Gasteiger partial charge in [0, 0.05) is 26.2 Å². The summed E-state index contributed by atoms with van der Waals surface area (Å²) >= 11 is 0. The van der Waals surface area contributed by atoms with Crippen molar-refractivity contribution in [2.75, 3.05) is 13.1 Å². The molecule has 0 spiro atoms. The zero-order valence-electron chi connectivity index (χ0n) is 12.2. The number of aliphatic imine (C=N–C) groups is 2. The second-order valence-electron chi connectivity index (χ2n) is 5.85. The molecule has 0 saturated heterocycles. The number of nitrogens with zero attached hydrogens (tertiary/aromatic N) is 4. The van der Waals surface area contributed by atoms with Gasteiger partial charge in [-0.15, -0.1) is 0 Å². The van der Waals surface area contributed by atoms with Crippen molar-refractivity contribution in [1.82, 2.24) is 9.80 Å². The first-order valence-electron chi connectivity index (χ1n) is 7.32. The highest BCUT2D eigenvalue weighted by Gasteiger charge is 2.17. The van der Waals surface area contributed by atoms with Crippen molar-refractivity contribution in [2.45, 2.75) is 39.0 Å². The van der Waals surface area contributed by atoms with E-state index in [9.17, 15) is 0 Å². The van der Waals surface area contributed by atoms with Crippen LogP contribution in [0.15, 0.2) is 34.3 Å². The molecule has 2 atom stereocenters. The largest absolute Gasteiger partial charge is 0.356 e. The monoisotopic (exact) mass is 270 g/mol. The van der Waals surface area contributed by atoms with Crippen LogP contribution < -0.4 is 0 Å². The Morgan fingerprint density at radius 2 is 1.35 bits per heavy atom. The molecule has 2 aliphatic rings. The Morgan fingerprint density at radius 3 is 1.70 bits per heavy atom. The van der Waals surface area contributed by atoms with Crippen molar-refractivity contribution in [1.29, 1.82) is 0 Å². The zero-order chi connectivity index (χ0) is 13.9. The summed E-state index contributed by atoms with van der Waals surface area (Å²) in [7, 11) is 0. The molecular formula is C16H22N4. The average molecular weight is 270 g/mol. The molecule has 2 unspecified atom stereocenters. The summed E-state index contributed by atoms with van der Waals surface area (Å²) in [6.45, 7) is 8.26. The normalized spacial score (nSPS) is 24.9. The lowest BCUT2D eigenvalue weighted by Crippen LogP contribution is -2.25. The summed E-state index contributed by atoms with van der Waals surface area (Å²) < 4.78 is 0. The minimum absolute atomic E-state index is 0.425. The van der Waals surface area contributed by atoms with Gasteiger partial charge in [0.15, 0.2) is 0 Å². The fraction of sp³-hybridized carbons (Fsp3) is 0.500. The highest BCUT2D eigenvalue weighted by molar-refractivity contribution is 5.59. The molecule has 0 amide bonds. The van der Waals surface area contributed by atoms with E-state index in [1.54, 1.807) is 0 Å². The maximum absolute atomic E-state index is 4.43. The number of hydrogen-bond donors (Lipinski definition) is 0. The van der Waals surface area contributed by atoms with E-state index in [4.69, 9.17) is 0 Å². The van der Waals surface area contributed by atoms with E-state index in [1.807, 2.05) is 12.7 Å². The minimum atomic E-state index is 0.425. The van der Waals surface area contributed by atoms with Gasteiger partial charge in [-0.1, -0.05) is 24.3 Å². The molecule has 0 radical (unpaired) electrons. The second kappa shape index (κ2) is 5.65. The van der Waals surface area contributed by atoms with Gasteiger partial charge in [0.1, 0.15) is 0 Å². The first-order chi connectivity index (χ1) is 9.70. The quantitative estimate of drug-likeness (QED) is 0.839. The number of rotatable bonds is 4. The van der Waals surface area contributed by atoms with E-state index in [1.165, 1.54) is 11.1 Å². The standard InChI is InChI=1S/C16H22N4/c1-13-7-19(11-17-13)9-15-5-3-4-6-16(15)10-20-8-14(2)18-12-20/h3-6,11-14H,7-10H2,1-2H3. The van der Waals surface area contributed by atoms with Crippen LogP contribution in [0.4, 0.5) is 0 Å². The van der Waals surface area contributed by atoms with Gasteiger partial charge in [-0.2, -0.15) is 0 Å². The van der Waals surface area contributed by atoms with E-state index in [2.05, 4.69) is 57.9 Å². The van der Waals surface area contributed by atoms with E-state index >= 15 is 0 Å². The molecule has 0 N–H and O–H groups in total. The molecule has 106 valence electrons. The van der Waals surface area contributed by atoms with Crippen LogP contribution >= 0.6 is 0 Å². The fourth-order valence-electron chi connectivity index (χ4n) is 2.80. The minimum Gasteiger partial charge on any atom is -0.356 e. The first-order valence-corrected chi connectivity index (χ1v) is 7.32. The number of hydrogen-bond acceptors (Lipinski definition) is 4. The van der Waals surface area contributed by atoms with Gasteiger partial charge < -0.3 is 9.80 Å². The summed E-state index contributed by atoms with van der Waals surface area (Å²) in [6.07, 6.45) is 3.97. The van der Waals surface area contributed by atoms with Crippen LogP contribution in [-0.2, 0) is 13.1 Å². The van der Waals surface area contributed by atoms with E-state index in [0.29, 0.717) is 12.1 Å². The highest BCUT2D eigenvalue weighted by Crippen LogP contribution is 2.17. The maximum Gasteiger partial charge on any atom is 0.0857 e. The molecule has 0 aliphatic carbocycles. The summed E-state index contributed by atoms with van der Waals surface area (Å²) in [4.78, 5) is 13.4. The molecular weight excluding hydrogens is 248 g/mol. The van der Waals surface area contributed by atoms with Gasteiger partial charge in [-0.05, 0) is 25.0 Å². The third-order valence-corrected chi connectivity index (χ3v) is 3.83. The summed E-state index contributed by atoms with van der Waals surface area (Å²) in [5.74, 6) is 0. The molecule has 20 heavy (non-hydrogen) atoms. The van der Waals surface area contributed by atoms with Gasteiger partial charge in [-0.25, -0.2) is 0 Å². The first kappa shape index (κ1) is 13.2. The molecule has 3 rings (SSSR count). The van der Waals surface area contributed by atoms with Crippen molar-refractivity contribution < 1.29 is 0 Å². The predicted octanol–water partition coefficient (Wildman–Crippen LogP) is 2.15. The molecule has 2 aliphatic heterocycles. The van der Waals surface area contributed by atoms with Crippen molar-refractivity contribution in [2.24, 2.45) is 9.98 Å². The lowest BCUT2D eigenvalue weighted by atomic mass is 10.1. The Labute approximate surface area is 120 Å². The van der Waals surface area contributed by atoms with Crippen molar-refractivity contribution in [3.05, 3.63) is 35.4 Å². The topological polar surface area (TPSA) is 31.2 Å². The van der Waals surface area contributed by atoms with Crippen molar-refractivity contribution >= 4 is 12.7 Å². The van der Waals surface area contributed by atoms with E-state index in [0.717, 1.165) is 26.2 Å². The molecule has 1 aromatic rings. The molecule has 4 nitrogen and oxygen atoms in total.